The standard InChI is InChI=1S/C27H21ClN6O3/c1-17(35)34(27(36)18-10-12-20(37-2)13-11-18)26-21-16-33(15-19-7-3-4-8-22(19)28)32-24(21)30-25(31-26)23-9-5-6-14-29-23/h3-14,16H,15H2,1-2H3/p+1. The summed E-state index contributed by atoms with van der Waals surface area (Å²) in [4.78, 5) is 41.1. The van der Waals surface area contributed by atoms with Gasteiger partial charge in [-0.1, -0.05) is 35.9 Å². The highest BCUT2D eigenvalue weighted by Crippen LogP contribution is 2.27. The number of ether oxygens (including phenoxy) is 1. The third-order valence-electron chi connectivity index (χ3n) is 5.72. The minimum absolute atomic E-state index is 0.146. The van der Waals surface area contributed by atoms with Gasteiger partial charge in [0.15, 0.2) is 18.2 Å². The van der Waals surface area contributed by atoms with Crippen molar-refractivity contribution in [3.63, 3.8) is 0 Å². The Labute approximate surface area is 217 Å². The van der Waals surface area contributed by atoms with Crippen LogP contribution in [0, 0.1) is 0 Å². The van der Waals surface area contributed by atoms with E-state index in [1.54, 1.807) is 60.6 Å². The first-order valence-corrected chi connectivity index (χ1v) is 11.8. The molecule has 0 saturated heterocycles. The summed E-state index contributed by atoms with van der Waals surface area (Å²) in [5.74, 6) is -0.0107. The summed E-state index contributed by atoms with van der Waals surface area (Å²) in [5.41, 5.74) is 2.13. The second-order valence-electron chi connectivity index (χ2n) is 8.20. The van der Waals surface area contributed by atoms with Gasteiger partial charge in [0, 0.05) is 24.2 Å². The highest BCUT2D eigenvalue weighted by Gasteiger charge is 2.29. The lowest BCUT2D eigenvalue weighted by Crippen LogP contribution is -2.36. The molecule has 3 aromatic heterocycles. The number of imide groups is 1. The Morgan fingerprint density at radius 3 is 2.46 bits per heavy atom. The number of fused-ring (bicyclic) bond motifs is 1. The van der Waals surface area contributed by atoms with Gasteiger partial charge in [-0.3, -0.25) is 14.6 Å². The Morgan fingerprint density at radius 2 is 1.78 bits per heavy atom. The fourth-order valence-electron chi connectivity index (χ4n) is 3.91. The van der Waals surface area contributed by atoms with Gasteiger partial charge in [0.05, 0.1) is 12.1 Å². The number of benzene rings is 2. The Hall–Kier alpha value is -4.63. The number of anilines is 1. The van der Waals surface area contributed by atoms with E-state index in [0.717, 1.165) is 10.5 Å². The smallest absolute Gasteiger partial charge is 0.266 e. The number of pyridine rings is 1. The topological polar surface area (TPSA) is 105 Å². The third-order valence-corrected chi connectivity index (χ3v) is 6.09. The van der Waals surface area contributed by atoms with Crippen LogP contribution in [0.1, 0.15) is 22.8 Å². The van der Waals surface area contributed by atoms with E-state index in [9.17, 15) is 9.59 Å². The van der Waals surface area contributed by atoms with Crippen molar-refractivity contribution < 1.29 is 19.0 Å². The zero-order valence-electron chi connectivity index (χ0n) is 20.1. The van der Waals surface area contributed by atoms with Gasteiger partial charge in [-0.05, 0) is 42.5 Å². The van der Waals surface area contributed by atoms with E-state index in [4.69, 9.17) is 16.3 Å². The summed E-state index contributed by atoms with van der Waals surface area (Å²) in [5, 5.41) is 4.33. The molecule has 0 bridgehead atoms. The number of nitrogens with one attached hydrogen (secondary N) is 1. The van der Waals surface area contributed by atoms with Crippen LogP contribution in [0.3, 0.4) is 0 Å². The fourth-order valence-corrected chi connectivity index (χ4v) is 4.11. The van der Waals surface area contributed by atoms with E-state index < -0.39 is 11.8 Å². The van der Waals surface area contributed by atoms with Crippen LogP contribution in [-0.4, -0.2) is 39.0 Å². The van der Waals surface area contributed by atoms with E-state index in [1.807, 2.05) is 30.3 Å². The molecule has 1 N–H and O–H groups in total. The van der Waals surface area contributed by atoms with Crippen molar-refractivity contribution >= 4 is 40.3 Å². The molecule has 184 valence electrons. The van der Waals surface area contributed by atoms with Gasteiger partial charge in [-0.15, -0.1) is 9.78 Å². The first kappa shape index (κ1) is 24.1. The first-order chi connectivity index (χ1) is 17.9. The molecule has 0 unspecified atom stereocenters. The van der Waals surface area contributed by atoms with Crippen molar-refractivity contribution in [1.82, 2.24) is 20.1 Å². The van der Waals surface area contributed by atoms with Gasteiger partial charge < -0.3 is 4.74 Å². The third kappa shape index (κ3) is 4.89. The van der Waals surface area contributed by atoms with Gasteiger partial charge in [0.1, 0.15) is 16.8 Å². The molecule has 37 heavy (non-hydrogen) atoms. The molecule has 0 atom stereocenters. The molecular formula is C27H22ClN6O3+. The number of amides is 2. The van der Waals surface area contributed by atoms with E-state index in [1.165, 1.54) is 6.92 Å². The highest BCUT2D eigenvalue weighted by molar-refractivity contribution is 6.31. The van der Waals surface area contributed by atoms with Crippen molar-refractivity contribution in [2.24, 2.45) is 0 Å². The summed E-state index contributed by atoms with van der Waals surface area (Å²) < 4.78 is 6.97. The molecular weight excluding hydrogens is 492 g/mol. The molecule has 3 heterocycles. The summed E-state index contributed by atoms with van der Waals surface area (Å²) in [6.45, 7) is 1.74. The average molecular weight is 514 g/mol. The second kappa shape index (κ2) is 10.2. The van der Waals surface area contributed by atoms with E-state index in [-0.39, 0.29) is 11.6 Å². The van der Waals surface area contributed by atoms with E-state index in [0.29, 0.717) is 39.6 Å². The zero-order valence-corrected chi connectivity index (χ0v) is 20.8. The molecule has 0 radical (unpaired) electrons. The van der Waals surface area contributed by atoms with Gasteiger partial charge in [0.2, 0.25) is 17.8 Å². The number of nitrogens with zero attached hydrogens (tertiary/aromatic N) is 5. The van der Waals surface area contributed by atoms with Crippen molar-refractivity contribution in [3.05, 3.63) is 95.3 Å². The number of halogens is 1. The normalized spacial score (nSPS) is 10.9. The molecule has 0 spiro atoms. The quantitative estimate of drug-likeness (QED) is 0.341. The molecule has 10 heteroatoms. The maximum atomic E-state index is 13.6. The van der Waals surface area contributed by atoms with Crippen LogP contribution in [0.5, 0.6) is 5.75 Å². The Bertz CT molecular complexity index is 1600. The number of carbonyl (C=O) groups excluding carboxylic acids is 2. The first-order valence-electron chi connectivity index (χ1n) is 11.4. The summed E-state index contributed by atoms with van der Waals surface area (Å²) in [6, 6.07) is 19.4. The SMILES string of the molecule is COc1ccc(C(=O)N(C(C)=O)c2nc(-c3ccccn3)nc3[nH][n+](Cc4ccccc4Cl)cc23)cc1. The molecule has 2 amide bonds. The maximum Gasteiger partial charge on any atom is 0.266 e. The summed E-state index contributed by atoms with van der Waals surface area (Å²) in [6.07, 6.45) is 3.38. The Morgan fingerprint density at radius 1 is 1.03 bits per heavy atom. The van der Waals surface area contributed by atoms with Crippen molar-refractivity contribution in [1.29, 1.82) is 0 Å². The number of H-pyrrole nitrogens is 1. The van der Waals surface area contributed by atoms with Crippen molar-refractivity contribution in [3.8, 4) is 17.3 Å². The second-order valence-corrected chi connectivity index (χ2v) is 8.60. The van der Waals surface area contributed by atoms with Crippen LogP contribution in [0.15, 0.2) is 79.1 Å². The molecule has 0 aliphatic heterocycles. The Balaban J connectivity index is 1.66. The lowest BCUT2D eigenvalue weighted by atomic mass is 10.1. The van der Waals surface area contributed by atoms with Crippen molar-refractivity contribution in [2.45, 2.75) is 13.5 Å². The minimum Gasteiger partial charge on any atom is -0.497 e. The van der Waals surface area contributed by atoms with Crippen LogP contribution >= 0.6 is 11.6 Å². The number of aromatic nitrogens is 5. The molecule has 0 fully saturated rings. The zero-order chi connectivity index (χ0) is 25.9. The van der Waals surface area contributed by atoms with Crippen LogP contribution in [0.2, 0.25) is 5.02 Å². The largest absolute Gasteiger partial charge is 0.497 e. The molecule has 2 aromatic carbocycles. The number of hydrogen-bond acceptors (Lipinski definition) is 6. The average Bonchev–Trinajstić information content (AvgIpc) is 3.33. The van der Waals surface area contributed by atoms with Crippen LogP contribution in [0.25, 0.3) is 22.6 Å². The van der Waals surface area contributed by atoms with Gasteiger partial charge >= 0.3 is 0 Å². The van der Waals surface area contributed by atoms with Crippen LogP contribution in [0.4, 0.5) is 5.82 Å². The molecule has 0 aliphatic carbocycles. The fraction of sp³-hybridized carbons (Fsp3) is 0.111. The lowest BCUT2D eigenvalue weighted by molar-refractivity contribution is -0.740. The molecule has 5 aromatic rings. The van der Waals surface area contributed by atoms with Crippen LogP contribution < -0.4 is 14.3 Å². The van der Waals surface area contributed by atoms with Crippen LogP contribution in [-0.2, 0) is 11.3 Å². The summed E-state index contributed by atoms with van der Waals surface area (Å²) >= 11 is 6.36. The minimum atomic E-state index is -0.527. The van der Waals surface area contributed by atoms with Crippen molar-refractivity contribution in [2.75, 3.05) is 12.0 Å². The Kier molecular flexibility index (Phi) is 6.61. The number of hydrogen-bond donors (Lipinski definition) is 1. The van der Waals surface area contributed by atoms with Gasteiger partial charge in [0.25, 0.3) is 5.91 Å². The van der Waals surface area contributed by atoms with Gasteiger partial charge in [-0.25, -0.2) is 14.9 Å². The maximum absolute atomic E-state index is 13.6. The predicted molar refractivity (Wildman–Crippen MR) is 138 cm³/mol. The molecule has 5 rings (SSSR count). The van der Waals surface area contributed by atoms with E-state index >= 15 is 0 Å². The number of aromatic amines is 1. The number of carbonyl (C=O) groups is 2. The highest BCUT2D eigenvalue weighted by atomic mass is 35.5. The molecule has 9 nitrogen and oxygen atoms in total. The lowest BCUT2D eigenvalue weighted by Gasteiger charge is -2.19. The number of rotatable bonds is 6. The van der Waals surface area contributed by atoms with Gasteiger partial charge in [-0.2, -0.15) is 0 Å². The molecule has 0 aliphatic rings. The molecule has 0 saturated carbocycles. The monoisotopic (exact) mass is 513 g/mol. The summed E-state index contributed by atoms with van der Waals surface area (Å²) in [7, 11) is 1.54. The predicted octanol–water partition coefficient (Wildman–Crippen LogP) is 4.21. The number of methoxy groups -OCH3 is 1. The van der Waals surface area contributed by atoms with E-state index in [2.05, 4.69) is 20.1 Å².